The summed E-state index contributed by atoms with van der Waals surface area (Å²) in [5, 5.41) is 14.5. The Labute approximate surface area is 219 Å². The molecule has 4 aromatic rings. The number of hydrogen-bond donors (Lipinski definition) is 1. The van der Waals surface area contributed by atoms with E-state index in [2.05, 4.69) is 36.7 Å². The number of aromatic nitrogens is 3. The SMILES string of the molecule is CC(=NNC(=O)CSc1nnc(-c2ccc(Br)cc2)n1-c1ccccc1)c1ccc(Cl)cc1Cl. The number of amides is 1. The predicted molar refractivity (Wildman–Crippen MR) is 142 cm³/mol. The maximum atomic E-state index is 12.5. The minimum Gasteiger partial charge on any atom is -0.272 e. The van der Waals surface area contributed by atoms with Crippen molar-refractivity contribution in [3.63, 3.8) is 0 Å². The maximum Gasteiger partial charge on any atom is 0.250 e. The van der Waals surface area contributed by atoms with Crippen LogP contribution >= 0.6 is 50.9 Å². The summed E-state index contributed by atoms with van der Waals surface area (Å²) >= 11 is 16.9. The molecule has 4 rings (SSSR count). The van der Waals surface area contributed by atoms with Crippen molar-refractivity contribution >= 4 is 62.5 Å². The Bertz CT molecular complexity index is 1340. The van der Waals surface area contributed by atoms with Gasteiger partial charge in [0.1, 0.15) is 0 Å². The van der Waals surface area contributed by atoms with E-state index < -0.39 is 0 Å². The molecule has 1 heterocycles. The Morgan fingerprint density at radius 2 is 1.79 bits per heavy atom. The van der Waals surface area contributed by atoms with Gasteiger partial charge >= 0.3 is 0 Å². The van der Waals surface area contributed by atoms with Crippen LogP contribution in [0.5, 0.6) is 0 Å². The Hall–Kier alpha value is -2.65. The highest BCUT2D eigenvalue weighted by atomic mass is 79.9. The summed E-state index contributed by atoms with van der Waals surface area (Å²) in [6.07, 6.45) is 0. The van der Waals surface area contributed by atoms with Crippen LogP contribution in [0.25, 0.3) is 17.1 Å². The molecule has 0 spiro atoms. The molecule has 3 aromatic carbocycles. The third-order valence-corrected chi connectivity index (χ3v) is 6.76. The van der Waals surface area contributed by atoms with Crippen LogP contribution in [0, 0.1) is 0 Å². The molecule has 0 fully saturated rings. The highest BCUT2D eigenvalue weighted by molar-refractivity contribution is 9.10. The van der Waals surface area contributed by atoms with Gasteiger partial charge in [-0.25, -0.2) is 5.43 Å². The van der Waals surface area contributed by atoms with E-state index in [-0.39, 0.29) is 11.7 Å². The van der Waals surface area contributed by atoms with Gasteiger partial charge in [0.15, 0.2) is 11.0 Å². The van der Waals surface area contributed by atoms with Crippen LogP contribution in [0.1, 0.15) is 12.5 Å². The monoisotopic (exact) mass is 573 g/mol. The van der Waals surface area contributed by atoms with Crippen LogP contribution in [0.4, 0.5) is 0 Å². The molecule has 1 N–H and O–H groups in total. The van der Waals surface area contributed by atoms with Crippen molar-refractivity contribution < 1.29 is 4.79 Å². The Morgan fingerprint density at radius 1 is 1.06 bits per heavy atom. The molecule has 0 bridgehead atoms. The van der Waals surface area contributed by atoms with E-state index in [0.29, 0.717) is 32.3 Å². The number of nitrogens with zero attached hydrogens (tertiary/aromatic N) is 4. The van der Waals surface area contributed by atoms with Gasteiger partial charge in [-0.05, 0) is 43.3 Å². The number of nitrogens with one attached hydrogen (secondary N) is 1. The first-order valence-corrected chi connectivity index (χ1v) is 12.6. The molecular formula is C24H18BrCl2N5OS. The summed E-state index contributed by atoms with van der Waals surface area (Å²) in [6.45, 7) is 1.76. The molecule has 0 atom stereocenters. The lowest BCUT2D eigenvalue weighted by molar-refractivity contribution is -0.118. The van der Waals surface area contributed by atoms with Crippen molar-refractivity contribution in [3.05, 3.63) is 92.9 Å². The average Bonchev–Trinajstić information content (AvgIpc) is 3.26. The second-order valence-electron chi connectivity index (χ2n) is 7.13. The lowest BCUT2D eigenvalue weighted by atomic mass is 10.1. The zero-order valence-corrected chi connectivity index (χ0v) is 21.8. The minimum absolute atomic E-state index is 0.108. The van der Waals surface area contributed by atoms with Crippen LogP contribution in [-0.4, -0.2) is 32.1 Å². The number of benzene rings is 3. The summed E-state index contributed by atoms with van der Waals surface area (Å²) in [6, 6.07) is 22.7. The number of rotatable bonds is 7. The van der Waals surface area contributed by atoms with E-state index >= 15 is 0 Å². The van der Waals surface area contributed by atoms with Crippen LogP contribution in [0.2, 0.25) is 10.0 Å². The molecule has 0 aliphatic carbocycles. The van der Waals surface area contributed by atoms with Gasteiger partial charge in [-0.15, -0.1) is 10.2 Å². The van der Waals surface area contributed by atoms with Gasteiger partial charge in [0.2, 0.25) is 0 Å². The molecule has 1 aromatic heterocycles. The van der Waals surface area contributed by atoms with Gasteiger partial charge < -0.3 is 0 Å². The van der Waals surface area contributed by atoms with Crippen molar-refractivity contribution in [1.82, 2.24) is 20.2 Å². The summed E-state index contributed by atoms with van der Waals surface area (Å²) in [7, 11) is 0. The molecular weight excluding hydrogens is 557 g/mol. The van der Waals surface area contributed by atoms with Gasteiger partial charge in [0.05, 0.1) is 16.5 Å². The Morgan fingerprint density at radius 3 is 2.50 bits per heavy atom. The fourth-order valence-corrected chi connectivity index (χ4v) is 4.66. The van der Waals surface area contributed by atoms with Crippen LogP contribution < -0.4 is 5.43 Å². The maximum absolute atomic E-state index is 12.5. The zero-order chi connectivity index (χ0) is 24.1. The lowest BCUT2D eigenvalue weighted by Gasteiger charge is -2.10. The molecule has 0 saturated carbocycles. The number of thioether (sulfide) groups is 1. The number of hydrazone groups is 1. The molecule has 6 nitrogen and oxygen atoms in total. The standard InChI is InChI=1S/C24H18BrCl2N5OS/c1-15(20-12-11-18(26)13-21(20)27)28-29-22(33)14-34-24-31-30-23(16-7-9-17(25)10-8-16)32(24)19-5-3-2-4-6-19/h2-13H,14H2,1H3,(H,29,33). The van der Waals surface area contributed by atoms with E-state index in [9.17, 15) is 4.79 Å². The van der Waals surface area contributed by atoms with Crippen LogP contribution in [-0.2, 0) is 4.79 Å². The smallest absolute Gasteiger partial charge is 0.250 e. The summed E-state index contributed by atoms with van der Waals surface area (Å²) in [5.74, 6) is 0.520. The second-order valence-corrected chi connectivity index (χ2v) is 9.83. The molecule has 172 valence electrons. The van der Waals surface area contributed by atoms with E-state index in [0.717, 1.165) is 15.7 Å². The highest BCUT2D eigenvalue weighted by Gasteiger charge is 2.17. The van der Waals surface area contributed by atoms with E-state index in [1.54, 1.807) is 25.1 Å². The Kier molecular flexibility index (Phi) is 8.05. The molecule has 1 amide bonds. The number of carbonyl (C=O) groups excluding carboxylic acids is 1. The predicted octanol–water partition coefficient (Wildman–Crippen LogP) is 6.64. The van der Waals surface area contributed by atoms with Gasteiger partial charge in [0, 0.05) is 26.3 Å². The van der Waals surface area contributed by atoms with Crippen LogP contribution in [0.15, 0.2) is 87.5 Å². The largest absolute Gasteiger partial charge is 0.272 e. The van der Waals surface area contributed by atoms with Crippen molar-refractivity contribution in [2.75, 3.05) is 5.75 Å². The number of hydrogen-bond acceptors (Lipinski definition) is 5. The molecule has 0 aliphatic heterocycles. The molecule has 10 heteroatoms. The first kappa shape index (κ1) is 24.5. The van der Waals surface area contributed by atoms with E-state index in [4.69, 9.17) is 23.2 Å². The quantitative estimate of drug-likeness (QED) is 0.153. The molecule has 0 radical (unpaired) electrons. The molecule has 0 unspecified atom stereocenters. The number of para-hydroxylation sites is 1. The fraction of sp³-hybridized carbons (Fsp3) is 0.0833. The highest BCUT2D eigenvalue weighted by Crippen LogP contribution is 2.28. The van der Waals surface area contributed by atoms with Crippen LogP contribution in [0.3, 0.4) is 0 Å². The van der Waals surface area contributed by atoms with Gasteiger partial charge in [-0.3, -0.25) is 9.36 Å². The molecule has 34 heavy (non-hydrogen) atoms. The number of halogens is 3. The first-order valence-electron chi connectivity index (χ1n) is 10.1. The van der Waals surface area contributed by atoms with Crippen molar-refractivity contribution in [3.8, 4) is 17.1 Å². The lowest BCUT2D eigenvalue weighted by Crippen LogP contribution is -2.21. The third kappa shape index (κ3) is 5.88. The van der Waals surface area contributed by atoms with Crippen molar-refractivity contribution in [2.24, 2.45) is 5.10 Å². The third-order valence-electron chi connectivity index (χ3n) is 4.75. The van der Waals surface area contributed by atoms with Gasteiger partial charge in [0.25, 0.3) is 5.91 Å². The average molecular weight is 575 g/mol. The minimum atomic E-state index is -0.276. The van der Waals surface area contributed by atoms with Crippen molar-refractivity contribution in [2.45, 2.75) is 12.1 Å². The van der Waals surface area contributed by atoms with Gasteiger partial charge in [-0.1, -0.05) is 87.3 Å². The summed E-state index contributed by atoms with van der Waals surface area (Å²) < 4.78 is 2.91. The van der Waals surface area contributed by atoms with E-state index in [1.165, 1.54) is 11.8 Å². The fourth-order valence-electron chi connectivity index (χ4n) is 3.11. The first-order chi connectivity index (χ1) is 16.4. The number of carbonyl (C=O) groups is 1. The normalized spacial score (nSPS) is 11.5. The summed E-state index contributed by atoms with van der Waals surface area (Å²) in [4.78, 5) is 12.5. The van der Waals surface area contributed by atoms with E-state index in [1.807, 2.05) is 59.2 Å². The zero-order valence-electron chi connectivity index (χ0n) is 17.9. The Balaban J connectivity index is 1.51. The van der Waals surface area contributed by atoms with Gasteiger partial charge in [-0.2, -0.15) is 5.10 Å². The topological polar surface area (TPSA) is 72.2 Å². The molecule has 0 aliphatic rings. The molecule has 0 saturated heterocycles. The van der Waals surface area contributed by atoms with Crippen molar-refractivity contribution in [1.29, 1.82) is 0 Å². The summed E-state index contributed by atoms with van der Waals surface area (Å²) in [5.41, 5.74) is 5.66. The second kappa shape index (κ2) is 11.2.